The summed E-state index contributed by atoms with van der Waals surface area (Å²) in [6.45, 7) is 5.82. The number of thioether (sulfide) groups is 1. The van der Waals surface area contributed by atoms with Gasteiger partial charge in [-0.3, -0.25) is 9.59 Å². The maximum Gasteiger partial charge on any atom is 0.258 e. The first-order chi connectivity index (χ1) is 12.5. The standard InChI is InChI=1S/C20H30N2O3S/c1-15-11-16(2)13-22(12-15)20(24)18(9-10-26-3)21-19(23)14-25-17-7-5-4-6-8-17/h4-8,15-16,18H,9-14H2,1-3H3,(H,21,23)/t15-,16-,18+/m1/s1. The number of benzene rings is 1. The number of carbonyl (C=O) groups excluding carboxylic acids is 2. The normalized spacial score (nSPS) is 21.1. The van der Waals surface area contributed by atoms with Crippen molar-refractivity contribution in [3.63, 3.8) is 0 Å². The molecule has 6 heteroatoms. The van der Waals surface area contributed by atoms with Gasteiger partial charge in [-0.2, -0.15) is 11.8 Å². The van der Waals surface area contributed by atoms with E-state index in [4.69, 9.17) is 4.74 Å². The van der Waals surface area contributed by atoms with E-state index < -0.39 is 6.04 Å². The molecule has 1 saturated heterocycles. The van der Waals surface area contributed by atoms with Gasteiger partial charge in [0.05, 0.1) is 0 Å². The number of nitrogens with one attached hydrogen (secondary N) is 1. The van der Waals surface area contributed by atoms with Crippen molar-refractivity contribution in [1.29, 1.82) is 0 Å². The van der Waals surface area contributed by atoms with Crippen molar-refractivity contribution < 1.29 is 14.3 Å². The second kappa shape index (κ2) is 10.5. The molecule has 1 heterocycles. The number of para-hydroxylation sites is 1. The molecule has 0 aromatic heterocycles. The van der Waals surface area contributed by atoms with E-state index >= 15 is 0 Å². The summed E-state index contributed by atoms with van der Waals surface area (Å²) in [7, 11) is 0. The first-order valence-corrected chi connectivity index (χ1v) is 10.6. The van der Waals surface area contributed by atoms with Crippen molar-refractivity contribution >= 4 is 23.6 Å². The Morgan fingerprint density at radius 2 is 1.88 bits per heavy atom. The van der Waals surface area contributed by atoms with Crippen LogP contribution in [0, 0.1) is 11.8 Å². The Bertz CT molecular complexity index is 572. The number of piperidine rings is 1. The predicted octanol–water partition coefficient (Wildman–Crippen LogP) is 2.81. The number of likely N-dealkylation sites (tertiary alicyclic amines) is 1. The number of carbonyl (C=O) groups is 2. The molecule has 0 spiro atoms. The molecule has 1 aromatic rings. The Morgan fingerprint density at radius 3 is 2.50 bits per heavy atom. The monoisotopic (exact) mass is 378 g/mol. The SMILES string of the molecule is CSCC[C@H](NC(=O)COc1ccccc1)C(=O)N1C[C@H](C)C[C@@H](C)C1. The Labute approximate surface area is 160 Å². The summed E-state index contributed by atoms with van der Waals surface area (Å²) in [6, 6.07) is 8.74. The largest absolute Gasteiger partial charge is 0.484 e. The number of ether oxygens (including phenoxy) is 1. The van der Waals surface area contributed by atoms with Crippen LogP contribution >= 0.6 is 11.8 Å². The predicted molar refractivity (Wildman–Crippen MR) is 106 cm³/mol. The summed E-state index contributed by atoms with van der Waals surface area (Å²) in [6.07, 6.45) is 3.79. The maximum absolute atomic E-state index is 13.0. The maximum atomic E-state index is 13.0. The molecule has 26 heavy (non-hydrogen) atoms. The van der Waals surface area contributed by atoms with Crippen molar-refractivity contribution in [2.24, 2.45) is 11.8 Å². The Hall–Kier alpha value is -1.69. The van der Waals surface area contributed by atoms with Crippen LogP contribution < -0.4 is 10.1 Å². The van der Waals surface area contributed by atoms with Gasteiger partial charge in [0.25, 0.3) is 5.91 Å². The molecule has 0 aliphatic carbocycles. The summed E-state index contributed by atoms with van der Waals surface area (Å²) in [5, 5.41) is 2.88. The molecular weight excluding hydrogens is 348 g/mol. The zero-order chi connectivity index (χ0) is 18.9. The van der Waals surface area contributed by atoms with Gasteiger partial charge in [-0.15, -0.1) is 0 Å². The lowest BCUT2D eigenvalue weighted by atomic mass is 9.91. The fourth-order valence-electron chi connectivity index (χ4n) is 3.46. The molecule has 1 aromatic carbocycles. The fraction of sp³-hybridized carbons (Fsp3) is 0.600. The van der Waals surface area contributed by atoms with Crippen molar-refractivity contribution in [2.75, 3.05) is 31.7 Å². The van der Waals surface area contributed by atoms with Crippen LogP contribution in [0.15, 0.2) is 30.3 Å². The molecule has 5 nitrogen and oxygen atoms in total. The van der Waals surface area contributed by atoms with Crippen LogP contribution in [0.4, 0.5) is 0 Å². The number of amides is 2. The molecule has 0 saturated carbocycles. The van der Waals surface area contributed by atoms with Gasteiger partial charge >= 0.3 is 0 Å². The Balaban J connectivity index is 1.92. The summed E-state index contributed by atoms with van der Waals surface area (Å²) in [5.74, 6) is 2.25. The highest BCUT2D eigenvalue weighted by molar-refractivity contribution is 7.98. The minimum atomic E-state index is -0.480. The Morgan fingerprint density at radius 1 is 1.23 bits per heavy atom. The highest BCUT2D eigenvalue weighted by atomic mass is 32.2. The molecule has 2 rings (SSSR count). The molecule has 1 N–H and O–H groups in total. The van der Waals surface area contributed by atoms with Gasteiger partial charge in [0.15, 0.2) is 6.61 Å². The lowest BCUT2D eigenvalue weighted by Crippen LogP contribution is -2.53. The first-order valence-electron chi connectivity index (χ1n) is 9.24. The summed E-state index contributed by atoms with van der Waals surface area (Å²) < 4.78 is 5.49. The van der Waals surface area contributed by atoms with Crippen molar-refractivity contribution in [1.82, 2.24) is 10.2 Å². The zero-order valence-electron chi connectivity index (χ0n) is 15.9. The van der Waals surface area contributed by atoms with Crippen LogP contribution in [0.5, 0.6) is 5.75 Å². The van der Waals surface area contributed by atoms with Crippen molar-refractivity contribution in [3.05, 3.63) is 30.3 Å². The van der Waals surface area contributed by atoms with Crippen LogP contribution in [-0.2, 0) is 9.59 Å². The molecule has 0 unspecified atom stereocenters. The van der Waals surface area contributed by atoms with E-state index in [1.807, 2.05) is 29.4 Å². The van der Waals surface area contributed by atoms with Gasteiger partial charge in [0.1, 0.15) is 11.8 Å². The minimum absolute atomic E-state index is 0.0329. The zero-order valence-corrected chi connectivity index (χ0v) is 16.8. The van der Waals surface area contributed by atoms with E-state index in [2.05, 4.69) is 19.2 Å². The number of hydrogen-bond donors (Lipinski definition) is 1. The third-order valence-corrected chi connectivity index (χ3v) is 5.18. The van der Waals surface area contributed by atoms with Gasteiger partial charge in [0, 0.05) is 13.1 Å². The van der Waals surface area contributed by atoms with Gasteiger partial charge in [-0.1, -0.05) is 32.0 Å². The number of nitrogens with zero attached hydrogens (tertiary/aromatic N) is 1. The lowest BCUT2D eigenvalue weighted by Gasteiger charge is -2.37. The smallest absolute Gasteiger partial charge is 0.258 e. The van der Waals surface area contributed by atoms with Gasteiger partial charge < -0.3 is 15.0 Å². The van der Waals surface area contributed by atoms with E-state index in [1.165, 1.54) is 0 Å². The van der Waals surface area contributed by atoms with Crippen molar-refractivity contribution in [2.45, 2.75) is 32.7 Å². The Kier molecular flexibility index (Phi) is 8.29. The molecule has 144 valence electrons. The highest BCUT2D eigenvalue weighted by Crippen LogP contribution is 2.22. The average Bonchev–Trinajstić information content (AvgIpc) is 2.63. The van der Waals surface area contributed by atoms with E-state index in [0.29, 0.717) is 24.0 Å². The topological polar surface area (TPSA) is 58.6 Å². The quantitative estimate of drug-likeness (QED) is 0.756. The molecule has 0 bridgehead atoms. The summed E-state index contributed by atoms with van der Waals surface area (Å²) >= 11 is 1.68. The minimum Gasteiger partial charge on any atom is -0.484 e. The van der Waals surface area contributed by atoms with E-state index in [1.54, 1.807) is 23.9 Å². The van der Waals surface area contributed by atoms with E-state index in [9.17, 15) is 9.59 Å². The highest BCUT2D eigenvalue weighted by Gasteiger charge is 2.30. The summed E-state index contributed by atoms with van der Waals surface area (Å²) in [4.78, 5) is 27.2. The molecule has 0 radical (unpaired) electrons. The molecule has 2 amide bonds. The van der Waals surface area contributed by atoms with Crippen molar-refractivity contribution in [3.8, 4) is 5.75 Å². The van der Waals surface area contributed by atoms with Gasteiger partial charge in [-0.25, -0.2) is 0 Å². The van der Waals surface area contributed by atoms with Gasteiger partial charge in [0.2, 0.25) is 5.91 Å². The van der Waals surface area contributed by atoms with Crippen LogP contribution in [0.25, 0.3) is 0 Å². The van der Waals surface area contributed by atoms with Crippen LogP contribution in [0.3, 0.4) is 0 Å². The second-order valence-electron chi connectivity index (χ2n) is 7.19. The first kappa shape index (κ1) is 20.6. The molecule has 3 atom stereocenters. The molecule has 1 aliphatic heterocycles. The third kappa shape index (κ3) is 6.56. The molecule has 1 aliphatic rings. The number of hydrogen-bond acceptors (Lipinski definition) is 4. The van der Waals surface area contributed by atoms with E-state index in [-0.39, 0.29) is 18.4 Å². The summed E-state index contributed by atoms with van der Waals surface area (Å²) in [5.41, 5.74) is 0. The third-order valence-electron chi connectivity index (χ3n) is 4.54. The molecule has 1 fully saturated rings. The average molecular weight is 379 g/mol. The van der Waals surface area contributed by atoms with Gasteiger partial charge in [-0.05, 0) is 48.8 Å². The van der Waals surface area contributed by atoms with Crippen LogP contribution in [0.2, 0.25) is 0 Å². The van der Waals surface area contributed by atoms with Crippen LogP contribution in [-0.4, -0.2) is 54.5 Å². The lowest BCUT2D eigenvalue weighted by molar-refractivity contribution is -0.139. The molecular formula is C20H30N2O3S. The number of rotatable bonds is 8. The van der Waals surface area contributed by atoms with E-state index in [0.717, 1.165) is 25.3 Å². The van der Waals surface area contributed by atoms with Crippen LogP contribution in [0.1, 0.15) is 26.7 Å². The fourth-order valence-corrected chi connectivity index (χ4v) is 3.93. The second-order valence-corrected chi connectivity index (χ2v) is 8.18.